The van der Waals surface area contributed by atoms with E-state index < -0.39 is 0 Å². The van der Waals surface area contributed by atoms with Crippen LogP contribution in [0.25, 0.3) is 106 Å². The van der Waals surface area contributed by atoms with Crippen LogP contribution in [0.5, 0.6) is 0 Å². The molecule has 0 aliphatic heterocycles. The Hall–Kier alpha value is -7.70. The first-order valence-corrected chi connectivity index (χ1v) is 22.8. The molecule has 0 radical (unpaired) electrons. The average Bonchev–Trinajstić information content (AvgIpc) is 3.93. The Labute approximate surface area is 371 Å². The first-order chi connectivity index (χ1) is 31.2. The Bertz CT molecular complexity index is 3760. The van der Waals surface area contributed by atoms with Gasteiger partial charge in [-0.3, -0.25) is 9.97 Å². The van der Waals surface area contributed by atoms with Gasteiger partial charge in [0.25, 0.3) is 0 Å². The molecule has 0 aliphatic carbocycles. The maximum atomic E-state index is 4.92. The van der Waals surface area contributed by atoms with Crippen LogP contribution in [0, 0.1) is 0 Å². The molecule has 4 aromatic heterocycles. The van der Waals surface area contributed by atoms with Crippen molar-refractivity contribution in [1.82, 2.24) is 9.97 Å². The van der Waals surface area contributed by atoms with Crippen molar-refractivity contribution in [2.24, 2.45) is 0 Å². The van der Waals surface area contributed by atoms with Crippen molar-refractivity contribution in [2.45, 2.75) is 0 Å². The van der Waals surface area contributed by atoms with Gasteiger partial charge in [-0.1, -0.05) is 127 Å². The number of rotatable bonds is 6. The van der Waals surface area contributed by atoms with Gasteiger partial charge in [-0.2, -0.15) is 0 Å². The van der Waals surface area contributed by atoms with E-state index in [9.17, 15) is 0 Å². The Morgan fingerprint density at radius 3 is 1.35 bits per heavy atom. The summed E-state index contributed by atoms with van der Waals surface area (Å²) in [6, 6.07) is 72.9. The fourth-order valence-corrected chi connectivity index (χ4v) is 11.9. The fraction of sp³-hybridized carbons (Fsp3) is 0. The summed E-state index contributed by atoms with van der Waals surface area (Å²) in [5.74, 6) is 0. The van der Waals surface area contributed by atoms with Crippen molar-refractivity contribution in [3.05, 3.63) is 213 Å². The van der Waals surface area contributed by atoms with E-state index in [-0.39, 0.29) is 0 Å². The maximum Gasteiger partial charge on any atom is 0.0880 e. The largest absolute Gasteiger partial charge is 0.310 e. The number of hydrogen-bond acceptors (Lipinski definition) is 5. The summed E-state index contributed by atoms with van der Waals surface area (Å²) in [4.78, 5) is 12.2. The van der Waals surface area contributed by atoms with Gasteiger partial charge in [0.15, 0.2) is 0 Å². The zero-order valence-corrected chi connectivity index (χ0v) is 35.5. The van der Waals surface area contributed by atoms with E-state index in [0.29, 0.717) is 0 Å². The SMILES string of the molecule is c1ccc2cc(-c3ccc4c(ccc5cc(N(c6ccc(-c7nccc8c7sc7ccccc78)cc6)c6ccc(-c7nccc8c7sc7ccccc78)cc6)ccc54)c3)ccc2c1. The van der Waals surface area contributed by atoms with Crippen LogP contribution in [0.2, 0.25) is 0 Å². The quantitative estimate of drug-likeness (QED) is 0.156. The summed E-state index contributed by atoms with van der Waals surface area (Å²) in [5.41, 5.74) is 9.90. The highest BCUT2D eigenvalue weighted by Crippen LogP contribution is 2.43. The van der Waals surface area contributed by atoms with Crippen LogP contribution in [0.3, 0.4) is 0 Å². The summed E-state index contributed by atoms with van der Waals surface area (Å²) < 4.78 is 4.99. The van der Waals surface area contributed by atoms with Gasteiger partial charge in [-0.25, -0.2) is 0 Å². The summed E-state index contributed by atoms with van der Waals surface area (Å²) in [5, 5.41) is 12.5. The molecule has 0 atom stereocenters. The summed E-state index contributed by atoms with van der Waals surface area (Å²) >= 11 is 3.63. The molecule has 13 rings (SSSR count). The van der Waals surface area contributed by atoms with Gasteiger partial charge in [0.05, 0.1) is 20.8 Å². The van der Waals surface area contributed by atoms with E-state index >= 15 is 0 Å². The number of anilines is 3. The van der Waals surface area contributed by atoms with E-state index in [4.69, 9.17) is 9.97 Å². The van der Waals surface area contributed by atoms with Gasteiger partial charge < -0.3 is 4.90 Å². The van der Waals surface area contributed by atoms with Crippen LogP contribution in [-0.2, 0) is 0 Å². The second-order valence-electron chi connectivity index (χ2n) is 16.2. The lowest BCUT2D eigenvalue weighted by molar-refractivity contribution is 1.28. The second kappa shape index (κ2) is 14.5. The predicted molar refractivity (Wildman–Crippen MR) is 271 cm³/mol. The van der Waals surface area contributed by atoms with E-state index in [0.717, 1.165) is 39.6 Å². The Balaban J connectivity index is 0.911. The zero-order valence-electron chi connectivity index (χ0n) is 33.9. The minimum absolute atomic E-state index is 1.01. The molecular weight excluding hydrogens is 803 g/mol. The van der Waals surface area contributed by atoms with Crippen molar-refractivity contribution >= 4 is 112 Å². The molecule has 3 nitrogen and oxygen atoms in total. The highest BCUT2D eigenvalue weighted by molar-refractivity contribution is 7.26. The molecule has 0 aliphatic rings. The van der Waals surface area contributed by atoms with Crippen molar-refractivity contribution < 1.29 is 0 Å². The molecule has 0 unspecified atom stereocenters. The number of hydrogen-bond donors (Lipinski definition) is 0. The van der Waals surface area contributed by atoms with Gasteiger partial charge in [0, 0.05) is 71.5 Å². The molecule has 0 spiro atoms. The number of pyridine rings is 2. The highest BCUT2D eigenvalue weighted by Gasteiger charge is 2.18. The van der Waals surface area contributed by atoms with E-state index in [2.05, 4.69) is 205 Å². The molecule has 0 fully saturated rings. The molecule has 9 aromatic carbocycles. The van der Waals surface area contributed by atoms with Crippen LogP contribution < -0.4 is 4.90 Å². The molecule has 0 amide bonds. The molecule has 0 bridgehead atoms. The minimum atomic E-state index is 1.01. The molecule has 13 aromatic rings. The summed E-state index contributed by atoms with van der Waals surface area (Å²) in [6.45, 7) is 0. The molecular formula is C58H35N3S2. The standard InChI is InChI=1S/C58H35N3S2/c1-2-8-39-33-40(14-13-36(39)7-1)41-21-27-47-42(34-41)15-16-43-35-46(26-28-48(43)47)61(44-22-17-37(18-23-44)55-57-51(29-31-59-55)49-9-3-5-11-53(49)62-57)45-24-19-38(20-25-45)56-58-52(30-32-60-56)50-10-4-6-12-54(50)63-58/h1-35H. The topological polar surface area (TPSA) is 29.0 Å². The molecule has 4 heterocycles. The van der Waals surface area contributed by atoms with Gasteiger partial charge in [-0.05, 0) is 116 Å². The third-order valence-electron chi connectivity index (χ3n) is 12.5. The van der Waals surface area contributed by atoms with E-state index in [1.807, 2.05) is 35.1 Å². The second-order valence-corrected chi connectivity index (χ2v) is 18.3. The molecule has 5 heteroatoms. The maximum absolute atomic E-state index is 4.92. The Morgan fingerprint density at radius 2 is 0.746 bits per heavy atom. The number of nitrogens with zero attached hydrogens (tertiary/aromatic N) is 3. The Kier molecular flexibility index (Phi) is 8.26. The molecule has 63 heavy (non-hydrogen) atoms. The summed E-state index contributed by atoms with van der Waals surface area (Å²) in [7, 11) is 0. The normalized spacial score (nSPS) is 11.8. The minimum Gasteiger partial charge on any atom is -0.310 e. The summed E-state index contributed by atoms with van der Waals surface area (Å²) in [6.07, 6.45) is 3.88. The van der Waals surface area contributed by atoms with Crippen molar-refractivity contribution in [3.63, 3.8) is 0 Å². The van der Waals surface area contributed by atoms with E-state index in [1.165, 1.54) is 83.8 Å². The van der Waals surface area contributed by atoms with E-state index in [1.54, 1.807) is 0 Å². The van der Waals surface area contributed by atoms with Gasteiger partial charge in [0.1, 0.15) is 0 Å². The van der Waals surface area contributed by atoms with Gasteiger partial charge in [-0.15, -0.1) is 22.7 Å². The van der Waals surface area contributed by atoms with Crippen molar-refractivity contribution in [2.75, 3.05) is 4.90 Å². The lowest BCUT2D eigenvalue weighted by Crippen LogP contribution is -2.10. The predicted octanol–water partition coefficient (Wildman–Crippen LogP) is 17.1. The number of benzene rings is 9. The Morgan fingerprint density at radius 1 is 0.302 bits per heavy atom. The average molecular weight is 838 g/mol. The third kappa shape index (κ3) is 6.00. The van der Waals surface area contributed by atoms with Crippen LogP contribution in [0.4, 0.5) is 17.1 Å². The third-order valence-corrected chi connectivity index (χ3v) is 14.9. The van der Waals surface area contributed by atoms with Crippen LogP contribution in [0.1, 0.15) is 0 Å². The number of thiophene rings is 2. The zero-order chi connectivity index (χ0) is 41.4. The van der Waals surface area contributed by atoms with Crippen molar-refractivity contribution in [1.29, 1.82) is 0 Å². The number of fused-ring (bicyclic) bond motifs is 10. The first-order valence-electron chi connectivity index (χ1n) is 21.2. The molecule has 0 N–H and O–H groups in total. The smallest absolute Gasteiger partial charge is 0.0880 e. The number of aromatic nitrogens is 2. The van der Waals surface area contributed by atoms with Crippen LogP contribution in [-0.4, -0.2) is 9.97 Å². The first kappa shape index (κ1) is 36.0. The van der Waals surface area contributed by atoms with Crippen LogP contribution >= 0.6 is 22.7 Å². The van der Waals surface area contributed by atoms with Gasteiger partial charge >= 0.3 is 0 Å². The monoisotopic (exact) mass is 837 g/mol. The highest BCUT2D eigenvalue weighted by atomic mass is 32.1. The molecule has 0 saturated heterocycles. The van der Waals surface area contributed by atoms with Crippen LogP contribution in [0.15, 0.2) is 213 Å². The lowest BCUT2D eigenvalue weighted by atomic mass is 9.96. The fourth-order valence-electron chi connectivity index (χ4n) is 9.44. The molecule has 294 valence electrons. The molecule has 0 saturated carbocycles. The lowest BCUT2D eigenvalue weighted by Gasteiger charge is -2.26. The van der Waals surface area contributed by atoms with Crippen molar-refractivity contribution in [3.8, 4) is 33.6 Å². The van der Waals surface area contributed by atoms with Gasteiger partial charge in [0.2, 0.25) is 0 Å².